The van der Waals surface area contributed by atoms with Crippen LogP contribution in [-0.2, 0) is 36.8 Å². The molecule has 0 N–H and O–H groups in total. The van der Waals surface area contributed by atoms with Crippen LogP contribution < -0.4 is 0 Å². The van der Waals surface area contributed by atoms with Crippen molar-refractivity contribution in [3.8, 4) is 0 Å². The fourth-order valence-electron chi connectivity index (χ4n) is 0. The van der Waals surface area contributed by atoms with E-state index in [-0.39, 0.29) is 143 Å². The molecule has 0 atom stereocenters. The van der Waals surface area contributed by atoms with Crippen LogP contribution in [0.2, 0.25) is 0 Å². The van der Waals surface area contributed by atoms with Crippen molar-refractivity contribution in [1.82, 2.24) is 0 Å². The Hall–Kier alpha value is 4.89. The zero-order chi connectivity index (χ0) is 2.00. The van der Waals surface area contributed by atoms with E-state index in [9.17, 15) is 0 Å². The summed E-state index contributed by atoms with van der Waals surface area (Å²) in [7, 11) is 0. The molecule has 0 rings (SSSR count). The molecule has 35 valence electrons. The minimum Gasteiger partial charge on any atom is 2.00 e. The predicted molar refractivity (Wildman–Crippen MR) is 8.66 cm³/mol. The van der Waals surface area contributed by atoms with Crippen molar-refractivity contribution in [3.63, 3.8) is 0 Å². The minimum absolute atomic E-state index is 0. The van der Waals surface area contributed by atoms with Crippen LogP contribution >= 0.6 is 0 Å². The molecule has 0 heterocycles. The molecule has 0 saturated carbocycles. The first-order chi connectivity index (χ1) is 1.00. The van der Waals surface area contributed by atoms with Crippen LogP contribution in [-0.4, -0.2) is 45.5 Å². The minimum atomic E-state index is 0. The molecule has 0 aromatic rings. The summed E-state index contributed by atoms with van der Waals surface area (Å²) in [6.07, 6.45) is 0. The third kappa shape index (κ3) is 23.1. The summed E-state index contributed by atoms with van der Waals surface area (Å²) in [6.45, 7) is 0. The Morgan fingerprint density at radius 3 is 1.33 bits per heavy atom. The van der Waals surface area contributed by atoms with Crippen molar-refractivity contribution >= 4 is 45.5 Å². The Balaban J connectivity index is -0.000000000333. The summed E-state index contributed by atoms with van der Waals surface area (Å²) in [5.41, 5.74) is 0. The molecule has 0 aromatic carbocycles. The predicted octanol–water partition coefficient (Wildman–Crippen LogP) is -0.280. The molecule has 6 heteroatoms. The van der Waals surface area contributed by atoms with Gasteiger partial charge in [-0.25, -0.2) is 0 Å². The second-order valence-electron chi connectivity index (χ2n) is 0. The second-order valence-corrected chi connectivity index (χ2v) is 0. The maximum atomic E-state index is 7.81. The van der Waals surface area contributed by atoms with Gasteiger partial charge >= 0.3 is 65.3 Å². The van der Waals surface area contributed by atoms with Gasteiger partial charge in [-0.05, 0) is 0 Å². The van der Waals surface area contributed by atoms with Gasteiger partial charge in [0.05, 0.1) is 0 Å². The molecule has 0 fully saturated rings. The van der Waals surface area contributed by atoms with Crippen molar-refractivity contribution in [2.24, 2.45) is 0 Å². The Morgan fingerprint density at radius 1 is 1.33 bits per heavy atom. The van der Waals surface area contributed by atoms with Crippen molar-refractivity contribution in [2.45, 2.75) is 0 Å². The fraction of sp³-hybridized carbons (Fsp3) is 0. The molecule has 0 spiro atoms. The van der Waals surface area contributed by atoms with E-state index in [1.54, 1.807) is 0 Å². The molecular weight excluding hydrogens is 501 g/mol. The molecule has 0 aliphatic rings. The first-order valence-corrected chi connectivity index (χ1v) is 0.508. The summed E-state index contributed by atoms with van der Waals surface area (Å²) < 4.78 is 7.81. The Bertz CT molecular complexity index is 22.0. The topological polar surface area (TPSA) is 17.1 Å². The monoisotopic (exact) mass is 503 g/mol. The maximum absolute atomic E-state index is 7.81. The standard InChI is InChI=1S/Ce.Cu.La.Mn.O.Sr.2H/q;;;;;+2;2*-1. The number of rotatable bonds is 0. The van der Waals surface area contributed by atoms with Gasteiger partial charge in [0.2, 0.25) is 0 Å². The van der Waals surface area contributed by atoms with Crippen molar-refractivity contribution in [1.29, 1.82) is 0 Å². The number of hydrogen-bond donors (Lipinski definition) is 0. The average Bonchev–Trinajstić information content (AvgIpc) is 1.00. The molecule has 0 unspecified atom stereocenters. The molecule has 0 aliphatic carbocycles. The van der Waals surface area contributed by atoms with E-state index >= 15 is 0 Å². The van der Waals surface area contributed by atoms with Crippen molar-refractivity contribution in [2.75, 3.05) is 0 Å². The van der Waals surface area contributed by atoms with E-state index in [1.807, 2.05) is 0 Å². The van der Waals surface area contributed by atoms with Gasteiger partial charge in [0.15, 0.2) is 0 Å². The van der Waals surface area contributed by atoms with Crippen LogP contribution in [0.15, 0.2) is 0 Å². The smallest absolute Gasteiger partial charge is 2.00 e. The Morgan fingerprint density at radius 2 is 1.33 bits per heavy atom. The van der Waals surface area contributed by atoms with Crippen LogP contribution in [0, 0.1) is 77.3 Å². The third-order valence-corrected chi connectivity index (χ3v) is 0. The van der Waals surface area contributed by atoms with E-state index in [1.165, 1.54) is 0 Å². The molecule has 0 bridgehead atoms. The quantitative estimate of drug-likeness (QED) is 0.416. The van der Waals surface area contributed by atoms with E-state index in [0.717, 1.165) is 0 Å². The van der Waals surface area contributed by atoms with Crippen LogP contribution in [0.3, 0.4) is 0 Å². The summed E-state index contributed by atoms with van der Waals surface area (Å²) in [5, 5.41) is 0. The SMILES string of the molecule is [Ce].[H-].[H-].[La].[Mn].[O]=[Cu].[Sr+2]. The molecule has 0 saturated heterocycles. The van der Waals surface area contributed by atoms with E-state index in [0.29, 0.717) is 0 Å². The van der Waals surface area contributed by atoms with Crippen LogP contribution in [0.1, 0.15) is 2.85 Å². The fourth-order valence-corrected chi connectivity index (χ4v) is 0. The Kier molecular flexibility index (Phi) is 167. The Labute approximate surface area is 158 Å². The summed E-state index contributed by atoms with van der Waals surface area (Å²) in [6, 6.07) is 0. The largest absolute Gasteiger partial charge is 2.00 e. The first kappa shape index (κ1) is 30.7. The molecule has 0 aliphatic heterocycles. The molecular formula is H2CeCuLaMnOSr. The van der Waals surface area contributed by atoms with E-state index in [4.69, 9.17) is 3.83 Å². The zero-order valence-corrected chi connectivity index (χ0v) is 15.2. The molecule has 1 nitrogen and oxygen atoms in total. The molecule has 0 amide bonds. The van der Waals surface area contributed by atoms with Crippen molar-refractivity contribution < 1.29 is 117 Å². The van der Waals surface area contributed by atoms with Gasteiger partial charge in [0.1, 0.15) is 0 Å². The van der Waals surface area contributed by atoms with Crippen LogP contribution in [0.4, 0.5) is 0 Å². The molecule has 2 radical (unpaired) electrons. The van der Waals surface area contributed by atoms with Crippen LogP contribution in [0.5, 0.6) is 0 Å². The molecule has 0 aromatic heterocycles. The summed E-state index contributed by atoms with van der Waals surface area (Å²) in [4.78, 5) is 0. The first-order valence-electron chi connectivity index (χ1n) is 0.123. The second kappa shape index (κ2) is 32.7. The summed E-state index contributed by atoms with van der Waals surface area (Å²) in [5.74, 6) is 0. The maximum Gasteiger partial charge on any atom is 2.00 e. The summed E-state index contributed by atoms with van der Waals surface area (Å²) >= 11 is 2.94. The van der Waals surface area contributed by atoms with Gasteiger partial charge in [-0.1, -0.05) is 0 Å². The average molecular weight is 503 g/mol. The van der Waals surface area contributed by atoms with Gasteiger partial charge in [-0.2, -0.15) is 0 Å². The molecule has 6 heavy (non-hydrogen) atoms. The van der Waals surface area contributed by atoms with Crippen LogP contribution in [0.25, 0.3) is 0 Å². The van der Waals surface area contributed by atoms with Gasteiger partial charge < -0.3 is 2.85 Å². The van der Waals surface area contributed by atoms with E-state index < -0.39 is 0 Å². The normalized spacial score (nSPS) is 1.00. The van der Waals surface area contributed by atoms with Crippen molar-refractivity contribution in [3.05, 3.63) is 0 Å². The number of hydrogen-bond acceptors (Lipinski definition) is 1. The van der Waals surface area contributed by atoms with Gasteiger partial charge in [-0.15, -0.1) is 0 Å². The van der Waals surface area contributed by atoms with Gasteiger partial charge in [-0.3, -0.25) is 0 Å². The van der Waals surface area contributed by atoms with E-state index in [2.05, 4.69) is 15.9 Å². The van der Waals surface area contributed by atoms with Gasteiger partial charge in [0, 0.05) is 94.4 Å². The third-order valence-electron chi connectivity index (χ3n) is 0. The zero-order valence-electron chi connectivity index (χ0n) is 4.87. The van der Waals surface area contributed by atoms with Gasteiger partial charge in [0.25, 0.3) is 0 Å².